The molecule has 0 aromatic carbocycles. The molecule has 1 aliphatic rings. The minimum atomic E-state index is -1.09. The molecule has 2 heterocycles. The normalized spacial score (nSPS) is 19.1. The van der Waals surface area contributed by atoms with Crippen LogP contribution in [0.5, 0.6) is 0 Å². The molecule has 1 aromatic rings. The summed E-state index contributed by atoms with van der Waals surface area (Å²) in [7, 11) is 0. The predicted molar refractivity (Wildman–Crippen MR) is 74.7 cm³/mol. The van der Waals surface area contributed by atoms with E-state index >= 15 is 0 Å². The summed E-state index contributed by atoms with van der Waals surface area (Å²) in [5.74, 6) is -0.656. The van der Waals surface area contributed by atoms with Gasteiger partial charge < -0.3 is 10.0 Å². The molecule has 108 valence electrons. The van der Waals surface area contributed by atoms with E-state index in [9.17, 15) is 9.59 Å². The summed E-state index contributed by atoms with van der Waals surface area (Å²) in [6.07, 6.45) is 2.35. The van der Waals surface area contributed by atoms with Crippen molar-refractivity contribution in [3.8, 4) is 0 Å². The molecule has 5 heteroatoms. The fraction of sp³-hybridized carbons (Fsp3) is 0.533. The lowest BCUT2D eigenvalue weighted by Gasteiger charge is -2.26. The molecular weight excluding hydrogens is 256 g/mol. The van der Waals surface area contributed by atoms with Crippen LogP contribution in [0.4, 0.5) is 0 Å². The molecule has 1 aliphatic heterocycles. The number of carboxylic acid groups (broad SMARTS) is 1. The SMILES string of the molecule is CC(C)(C)C1CCN(C(=O)c2ccc(C(=O)O)nc2)C1. The standard InChI is InChI=1S/C15H20N2O3/c1-15(2,3)11-6-7-17(9-11)13(18)10-4-5-12(14(19)20)16-8-10/h4-5,8,11H,6-7,9H2,1-3H3,(H,19,20). The quantitative estimate of drug-likeness (QED) is 0.899. The van der Waals surface area contributed by atoms with Gasteiger partial charge in [0.25, 0.3) is 5.91 Å². The number of aromatic carboxylic acids is 1. The maximum absolute atomic E-state index is 12.3. The number of nitrogens with zero attached hydrogens (tertiary/aromatic N) is 2. The Morgan fingerprint density at radius 1 is 1.35 bits per heavy atom. The van der Waals surface area contributed by atoms with Gasteiger partial charge in [0, 0.05) is 19.3 Å². The molecule has 20 heavy (non-hydrogen) atoms. The molecule has 5 nitrogen and oxygen atoms in total. The first-order valence-corrected chi connectivity index (χ1v) is 6.77. The van der Waals surface area contributed by atoms with Gasteiger partial charge >= 0.3 is 5.97 Å². The van der Waals surface area contributed by atoms with Gasteiger partial charge in [0.1, 0.15) is 5.69 Å². The minimum Gasteiger partial charge on any atom is -0.477 e. The van der Waals surface area contributed by atoms with Gasteiger partial charge in [-0.05, 0) is 29.9 Å². The molecule has 1 N–H and O–H groups in total. The number of rotatable bonds is 2. The number of carbonyl (C=O) groups excluding carboxylic acids is 1. The average molecular weight is 276 g/mol. The number of pyridine rings is 1. The van der Waals surface area contributed by atoms with Gasteiger partial charge in [0.2, 0.25) is 0 Å². The lowest BCUT2D eigenvalue weighted by molar-refractivity contribution is 0.0688. The summed E-state index contributed by atoms with van der Waals surface area (Å²) in [5, 5.41) is 8.79. The Morgan fingerprint density at radius 2 is 2.05 bits per heavy atom. The number of carboxylic acids is 1. The Hall–Kier alpha value is -1.91. The summed E-state index contributed by atoms with van der Waals surface area (Å²) in [4.78, 5) is 28.7. The third-order valence-corrected chi connectivity index (χ3v) is 3.93. The Kier molecular flexibility index (Phi) is 3.79. The zero-order chi connectivity index (χ0) is 14.9. The van der Waals surface area contributed by atoms with Crippen LogP contribution in [-0.2, 0) is 0 Å². The number of hydrogen-bond donors (Lipinski definition) is 1. The van der Waals surface area contributed by atoms with Crippen LogP contribution >= 0.6 is 0 Å². The van der Waals surface area contributed by atoms with E-state index in [4.69, 9.17) is 5.11 Å². The summed E-state index contributed by atoms with van der Waals surface area (Å²) >= 11 is 0. The van der Waals surface area contributed by atoms with Crippen molar-refractivity contribution in [1.82, 2.24) is 9.88 Å². The van der Waals surface area contributed by atoms with Gasteiger partial charge in [0.05, 0.1) is 5.56 Å². The summed E-state index contributed by atoms with van der Waals surface area (Å²) in [6, 6.07) is 2.90. The number of amides is 1. The van der Waals surface area contributed by atoms with Gasteiger partial charge in [-0.3, -0.25) is 4.79 Å². The van der Waals surface area contributed by atoms with Gasteiger partial charge in [-0.25, -0.2) is 9.78 Å². The van der Waals surface area contributed by atoms with E-state index in [1.54, 1.807) is 0 Å². The number of likely N-dealkylation sites (tertiary alicyclic amines) is 1. The van der Waals surface area contributed by atoms with Crippen molar-refractivity contribution in [2.24, 2.45) is 11.3 Å². The molecule has 1 atom stereocenters. The zero-order valence-corrected chi connectivity index (χ0v) is 12.1. The molecule has 0 bridgehead atoms. The maximum Gasteiger partial charge on any atom is 0.354 e. The summed E-state index contributed by atoms with van der Waals surface area (Å²) in [6.45, 7) is 8.07. The topological polar surface area (TPSA) is 70.5 Å². The largest absolute Gasteiger partial charge is 0.477 e. The van der Waals surface area contributed by atoms with E-state index in [1.807, 2.05) is 4.90 Å². The van der Waals surface area contributed by atoms with E-state index in [0.29, 0.717) is 11.5 Å². The second-order valence-corrected chi connectivity index (χ2v) is 6.34. The number of carbonyl (C=O) groups is 2. The number of aromatic nitrogens is 1. The molecule has 1 fully saturated rings. The highest BCUT2D eigenvalue weighted by atomic mass is 16.4. The first kappa shape index (κ1) is 14.5. The Morgan fingerprint density at radius 3 is 2.50 bits per heavy atom. The van der Waals surface area contributed by atoms with Crippen molar-refractivity contribution in [2.75, 3.05) is 13.1 Å². The third-order valence-electron chi connectivity index (χ3n) is 3.93. The second-order valence-electron chi connectivity index (χ2n) is 6.34. The van der Waals surface area contributed by atoms with E-state index in [2.05, 4.69) is 25.8 Å². The molecule has 1 aromatic heterocycles. The Labute approximate surface area is 118 Å². The highest BCUT2D eigenvalue weighted by Gasteiger charge is 2.34. The van der Waals surface area contributed by atoms with Crippen LogP contribution in [0, 0.1) is 11.3 Å². The molecular formula is C15H20N2O3. The van der Waals surface area contributed by atoms with Crippen molar-refractivity contribution in [3.63, 3.8) is 0 Å². The van der Waals surface area contributed by atoms with E-state index in [-0.39, 0.29) is 17.0 Å². The fourth-order valence-corrected chi connectivity index (χ4v) is 2.48. The molecule has 2 rings (SSSR count). The lowest BCUT2D eigenvalue weighted by Crippen LogP contribution is -2.31. The van der Waals surface area contributed by atoms with E-state index in [1.165, 1.54) is 18.3 Å². The van der Waals surface area contributed by atoms with Crippen LogP contribution < -0.4 is 0 Å². The Balaban J connectivity index is 2.07. The summed E-state index contributed by atoms with van der Waals surface area (Å²) in [5.41, 5.74) is 0.598. The highest BCUT2D eigenvalue weighted by Crippen LogP contribution is 2.33. The molecule has 0 spiro atoms. The van der Waals surface area contributed by atoms with Crippen LogP contribution in [-0.4, -0.2) is 40.0 Å². The van der Waals surface area contributed by atoms with Crippen molar-refractivity contribution in [2.45, 2.75) is 27.2 Å². The molecule has 0 aliphatic carbocycles. The van der Waals surface area contributed by atoms with Crippen LogP contribution in [0.25, 0.3) is 0 Å². The van der Waals surface area contributed by atoms with Crippen LogP contribution in [0.15, 0.2) is 18.3 Å². The predicted octanol–water partition coefficient (Wildman–Crippen LogP) is 2.29. The molecule has 1 saturated heterocycles. The van der Waals surface area contributed by atoms with E-state index in [0.717, 1.165) is 19.5 Å². The van der Waals surface area contributed by atoms with Gasteiger partial charge in [-0.15, -0.1) is 0 Å². The van der Waals surface area contributed by atoms with Crippen molar-refractivity contribution >= 4 is 11.9 Å². The minimum absolute atomic E-state index is 0.0458. The third kappa shape index (κ3) is 2.98. The van der Waals surface area contributed by atoms with Crippen molar-refractivity contribution in [1.29, 1.82) is 0 Å². The molecule has 0 saturated carbocycles. The Bertz CT molecular complexity index is 517. The monoisotopic (exact) mass is 276 g/mol. The fourth-order valence-electron chi connectivity index (χ4n) is 2.48. The van der Waals surface area contributed by atoms with Gasteiger partial charge in [-0.1, -0.05) is 20.8 Å². The zero-order valence-electron chi connectivity index (χ0n) is 12.1. The van der Waals surface area contributed by atoms with Gasteiger partial charge in [0.15, 0.2) is 0 Å². The average Bonchev–Trinajstić information content (AvgIpc) is 2.87. The van der Waals surface area contributed by atoms with E-state index < -0.39 is 5.97 Å². The lowest BCUT2D eigenvalue weighted by atomic mass is 9.80. The van der Waals surface area contributed by atoms with Crippen molar-refractivity contribution in [3.05, 3.63) is 29.6 Å². The number of hydrogen-bond acceptors (Lipinski definition) is 3. The van der Waals surface area contributed by atoms with Crippen LogP contribution in [0.3, 0.4) is 0 Å². The van der Waals surface area contributed by atoms with Gasteiger partial charge in [-0.2, -0.15) is 0 Å². The summed E-state index contributed by atoms with van der Waals surface area (Å²) < 4.78 is 0. The highest BCUT2D eigenvalue weighted by molar-refractivity contribution is 5.95. The van der Waals surface area contributed by atoms with Crippen LogP contribution in [0.2, 0.25) is 0 Å². The molecule has 1 unspecified atom stereocenters. The molecule has 1 amide bonds. The maximum atomic E-state index is 12.3. The smallest absolute Gasteiger partial charge is 0.354 e. The first-order chi connectivity index (χ1) is 9.29. The van der Waals surface area contributed by atoms with Crippen LogP contribution in [0.1, 0.15) is 48.0 Å². The molecule has 0 radical (unpaired) electrons. The van der Waals surface area contributed by atoms with Crippen molar-refractivity contribution < 1.29 is 14.7 Å². The second kappa shape index (κ2) is 5.23. The first-order valence-electron chi connectivity index (χ1n) is 6.77.